The Kier molecular flexibility index (Phi) is 5.70. The van der Waals surface area contributed by atoms with Crippen LogP contribution in [0.1, 0.15) is 24.8 Å². The molecule has 1 aliphatic rings. The third-order valence-corrected chi connectivity index (χ3v) is 6.32. The Hall–Kier alpha value is -0.150. The summed E-state index contributed by atoms with van der Waals surface area (Å²) in [5, 5.41) is 9.38. The average Bonchev–Trinajstić information content (AvgIpc) is 2.43. The number of hydrogen-bond acceptors (Lipinski definition) is 3. The second-order valence-corrected chi connectivity index (χ2v) is 8.49. The third kappa shape index (κ3) is 3.98. The van der Waals surface area contributed by atoms with Gasteiger partial charge in [-0.25, -0.2) is 0 Å². The van der Waals surface area contributed by atoms with E-state index < -0.39 is 10.2 Å². The Morgan fingerprint density at radius 1 is 1.33 bits per heavy atom. The average molecular weight is 442 g/mol. The molecule has 8 heteroatoms. The highest BCUT2D eigenvalue weighted by molar-refractivity contribution is 9.11. The molecule has 0 radical (unpaired) electrons. The summed E-state index contributed by atoms with van der Waals surface area (Å²) in [5.41, 5.74) is 1.49. The van der Waals surface area contributed by atoms with Crippen molar-refractivity contribution < 1.29 is 13.5 Å². The Morgan fingerprint density at radius 2 is 1.95 bits per heavy atom. The summed E-state index contributed by atoms with van der Waals surface area (Å²) in [5.74, 6) is 0. The van der Waals surface area contributed by atoms with Crippen molar-refractivity contribution in [3.63, 3.8) is 0 Å². The molecule has 0 bridgehead atoms. The number of aliphatic hydroxyl groups excluding tert-OH is 1. The Bertz CT molecular complexity index is 599. The number of halogens is 2. The first-order valence-corrected chi connectivity index (χ1v) is 9.74. The van der Waals surface area contributed by atoms with E-state index in [-0.39, 0.29) is 12.6 Å². The number of anilines is 1. The van der Waals surface area contributed by atoms with E-state index in [4.69, 9.17) is 0 Å². The van der Waals surface area contributed by atoms with Crippen molar-refractivity contribution in [2.75, 3.05) is 17.9 Å². The fraction of sp³-hybridized carbons (Fsp3) is 0.538. The van der Waals surface area contributed by atoms with Crippen LogP contribution in [0.2, 0.25) is 0 Å². The number of hydrogen-bond donors (Lipinski definition) is 2. The van der Waals surface area contributed by atoms with Gasteiger partial charge in [-0.15, -0.1) is 0 Å². The first-order valence-electron chi connectivity index (χ1n) is 6.71. The third-order valence-electron chi connectivity index (χ3n) is 3.51. The Morgan fingerprint density at radius 3 is 2.52 bits per heavy atom. The zero-order valence-corrected chi connectivity index (χ0v) is 15.6. The first-order chi connectivity index (χ1) is 9.85. The second-order valence-electron chi connectivity index (χ2n) is 5.15. The summed E-state index contributed by atoms with van der Waals surface area (Å²) in [6.07, 6.45) is 2.44. The van der Waals surface area contributed by atoms with Gasteiger partial charge < -0.3 is 5.11 Å². The minimum atomic E-state index is -3.69. The van der Waals surface area contributed by atoms with Crippen LogP contribution in [0.15, 0.2) is 21.1 Å². The highest BCUT2D eigenvalue weighted by atomic mass is 79.9. The standard InChI is InChI=1S/C13H18Br2N2O3S/c1-9-6-11(14)13(12(15)7-9)16-21(19,20)17-5-3-2-4-10(17)8-18/h6-7,10,16,18H,2-5,8H2,1H3. The lowest BCUT2D eigenvalue weighted by Crippen LogP contribution is -2.48. The summed E-state index contributed by atoms with van der Waals surface area (Å²) in [6, 6.07) is 3.35. The molecule has 0 saturated carbocycles. The van der Waals surface area contributed by atoms with E-state index >= 15 is 0 Å². The van der Waals surface area contributed by atoms with Crippen molar-refractivity contribution in [1.82, 2.24) is 4.31 Å². The molecule has 1 atom stereocenters. The molecule has 1 aliphatic heterocycles. The molecule has 21 heavy (non-hydrogen) atoms. The Balaban J connectivity index is 2.29. The van der Waals surface area contributed by atoms with Gasteiger partial charge >= 0.3 is 10.2 Å². The van der Waals surface area contributed by atoms with Gasteiger partial charge in [0.05, 0.1) is 12.3 Å². The fourth-order valence-corrected chi connectivity index (χ4v) is 5.86. The molecule has 0 aliphatic carbocycles. The maximum absolute atomic E-state index is 12.6. The van der Waals surface area contributed by atoms with Crippen molar-refractivity contribution in [1.29, 1.82) is 0 Å². The van der Waals surface area contributed by atoms with Crippen LogP contribution in [0.4, 0.5) is 5.69 Å². The predicted molar refractivity (Wildman–Crippen MR) is 90.6 cm³/mol. The van der Waals surface area contributed by atoms with Crippen LogP contribution in [-0.4, -0.2) is 37.0 Å². The van der Waals surface area contributed by atoms with E-state index in [9.17, 15) is 13.5 Å². The molecular weight excluding hydrogens is 424 g/mol. The number of nitrogens with one attached hydrogen (secondary N) is 1. The van der Waals surface area contributed by atoms with Gasteiger partial charge in [0, 0.05) is 21.5 Å². The van der Waals surface area contributed by atoms with Crippen molar-refractivity contribution in [2.45, 2.75) is 32.2 Å². The topological polar surface area (TPSA) is 69.6 Å². The molecule has 1 fully saturated rings. The van der Waals surface area contributed by atoms with Gasteiger partial charge in [-0.2, -0.15) is 12.7 Å². The van der Waals surface area contributed by atoms with Crippen molar-refractivity contribution >= 4 is 47.8 Å². The van der Waals surface area contributed by atoms with E-state index in [1.807, 2.05) is 19.1 Å². The van der Waals surface area contributed by atoms with Crippen LogP contribution in [0, 0.1) is 6.92 Å². The number of aliphatic hydroxyl groups is 1. The van der Waals surface area contributed by atoms with Crippen LogP contribution in [-0.2, 0) is 10.2 Å². The molecule has 5 nitrogen and oxygen atoms in total. The van der Waals surface area contributed by atoms with Crippen LogP contribution >= 0.6 is 31.9 Å². The normalized spacial score (nSPS) is 20.5. The SMILES string of the molecule is Cc1cc(Br)c(NS(=O)(=O)N2CCCCC2CO)c(Br)c1. The van der Waals surface area contributed by atoms with Crippen LogP contribution in [0.3, 0.4) is 0 Å². The largest absolute Gasteiger partial charge is 0.395 e. The molecule has 1 aromatic carbocycles. The fourth-order valence-electron chi connectivity index (χ4n) is 2.46. The highest BCUT2D eigenvalue weighted by Crippen LogP contribution is 2.34. The number of aryl methyl sites for hydroxylation is 1. The second kappa shape index (κ2) is 6.95. The highest BCUT2D eigenvalue weighted by Gasteiger charge is 2.32. The summed E-state index contributed by atoms with van der Waals surface area (Å²) in [4.78, 5) is 0. The summed E-state index contributed by atoms with van der Waals surface area (Å²) in [6.45, 7) is 2.21. The molecule has 0 spiro atoms. The maximum Gasteiger partial charge on any atom is 0.302 e. The van der Waals surface area contributed by atoms with Gasteiger partial charge in [0.1, 0.15) is 0 Å². The molecular formula is C13H18Br2N2O3S. The smallest absolute Gasteiger partial charge is 0.302 e. The molecule has 118 valence electrons. The zero-order valence-electron chi connectivity index (χ0n) is 11.6. The molecule has 1 heterocycles. The lowest BCUT2D eigenvalue weighted by atomic mass is 10.1. The van der Waals surface area contributed by atoms with Gasteiger partial charge in [-0.3, -0.25) is 4.72 Å². The van der Waals surface area contributed by atoms with E-state index in [1.54, 1.807) is 0 Å². The minimum Gasteiger partial charge on any atom is -0.395 e. The van der Waals surface area contributed by atoms with Gasteiger partial charge in [-0.1, -0.05) is 6.42 Å². The Labute approximate surface area is 142 Å². The van der Waals surface area contributed by atoms with Crippen molar-refractivity contribution in [3.05, 3.63) is 26.6 Å². The van der Waals surface area contributed by atoms with Gasteiger partial charge in [0.15, 0.2) is 0 Å². The summed E-state index contributed by atoms with van der Waals surface area (Å²) < 4.78 is 30.5. The lowest BCUT2D eigenvalue weighted by molar-refractivity contribution is 0.156. The van der Waals surface area contributed by atoms with Crippen molar-refractivity contribution in [2.24, 2.45) is 0 Å². The number of nitrogens with zero attached hydrogens (tertiary/aromatic N) is 1. The van der Waals surface area contributed by atoms with Crippen LogP contribution in [0.25, 0.3) is 0 Å². The first kappa shape index (κ1) is 17.2. The van der Waals surface area contributed by atoms with E-state index in [2.05, 4.69) is 36.6 Å². The lowest BCUT2D eigenvalue weighted by Gasteiger charge is -2.33. The molecule has 0 aromatic heterocycles. The van der Waals surface area contributed by atoms with Gasteiger partial charge in [0.25, 0.3) is 0 Å². The number of rotatable bonds is 4. The molecule has 1 saturated heterocycles. The summed E-state index contributed by atoms with van der Waals surface area (Å²) in [7, 11) is -3.69. The van der Waals surface area contributed by atoms with Gasteiger partial charge in [-0.05, 0) is 69.3 Å². The zero-order chi connectivity index (χ0) is 15.6. The maximum atomic E-state index is 12.6. The molecule has 1 unspecified atom stereocenters. The number of benzene rings is 1. The van der Waals surface area contributed by atoms with E-state index in [0.717, 1.165) is 18.4 Å². The predicted octanol–water partition coefficient (Wildman–Crippen LogP) is 3.02. The van der Waals surface area contributed by atoms with Crippen LogP contribution < -0.4 is 4.72 Å². The number of piperidine rings is 1. The summed E-state index contributed by atoms with van der Waals surface area (Å²) >= 11 is 6.76. The monoisotopic (exact) mass is 440 g/mol. The molecule has 2 N–H and O–H groups in total. The van der Waals surface area contributed by atoms with Crippen LogP contribution in [0.5, 0.6) is 0 Å². The molecule has 0 amide bonds. The molecule has 1 aromatic rings. The molecule has 2 rings (SSSR count). The van der Waals surface area contributed by atoms with Crippen molar-refractivity contribution in [3.8, 4) is 0 Å². The van der Waals surface area contributed by atoms with E-state index in [1.165, 1.54) is 4.31 Å². The van der Waals surface area contributed by atoms with Gasteiger partial charge in [0.2, 0.25) is 0 Å². The van der Waals surface area contributed by atoms with E-state index in [0.29, 0.717) is 27.6 Å². The quantitative estimate of drug-likeness (QED) is 0.754. The minimum absolute atomic E-state index is 0.156.